The van der Waals surface area contributed by atoms with Gasteiger partial charge in [0.1, 0.15) is 24.7 Å². The van der Waals surface area contributed by atoms with E-state index in [2.05, 4.69) is 12.1 Å². The number of aliphatic hydroxyl groups is 2. The maximum absolute atomic E-state index is 9.54. The molecule has 0 atom stereocenters. The SMILES string of the molecule is OCCOc1ccc(OCCO)c2cc(C34CC5CC(CC(C5)C3)C4)c(C34CC5CC(CC(C5)C3)C4)cc12. The van der Waals surface area contributed by atoms with Crippen molar-refractivity contribution in [3.63, 3.8) is 0 Å². The highest BCUT2D eigenvalue weighted by atomic mass is 16.5. The molecule has 8 aliphatic rings. The molecule has 0 aliphatic heterocycles. The second-order valence-corrected chi connectivity index (χ2v) is 14.5. The summed E-state index contributed by atoms with van der Waals surface area (Å²) in [4.78, 5) is 0. The second kappa shape index (κ2) is 8.86. The number of benzene rings is 2. The average Bonchev–Trinajstić information content (AvgIpc) is 2.89. The molecule has 204 valence electrons. The van der Waals surface area contributed by atoms with Crippen molar-refractivity contribution >= 4 is 10.8 Å². The lowest BCUT2D eigenvalue weighted by atomic mass is 9.44. The molecule has 4 nitrogen and oxygen atoms in total. The fraction of sp³-hybridized carbons (Fsp3) is 0.706. The largest absolute Gasteiger partial charge is 0.491 e. The van der Waals surface area contributed by atoms with Gasteiger partial charge in [0.25, 0.3) is 0 Å². The van der Waals surface area contributed by atoms with Gasteiger partial charge in [-0.25, -0.2) is 0 Å². The van der Waals surface area contributed by atoms with Crippen LogP contribution in [0.25, 0.3) is 10.8 Å². The Morgan fingerprint density at radius 2 is 0.868 bits per heavy atom. The van der Waals surface area contributed by atoms with Crippen LogP contribution in [0.1, 0.15) is 88.2 Å². The molecule has 0 saturated heterocycles. The molecule has 0 heterocycles. The third-order valence-corrected chi connectivity index (χ3v) is 12.0. The van der Waals surface area contributed by atoms with Crippen LogP contribution in [0.3, 0.4) is 0 Å². The minimum absolute atomic E-state index is 0.0114. The molecule has 0 radical (unpaired) electrons. The normalized spacial score (nSPS) is 40.3. The lowest BCUT2D eigenvalue weighted by Crippen LogP contribution is -2.52. The first-order chi connectivity index (χ1) is 18.6. The third kappa shape index (κ3) is 3.69. The lowest BCUT2D eigenvalue weighted by molar-refractivity contribution is -0.0173. The molecule has 2 aromatic carbocycles. The molecule has 10 rings (SSSR count). The first-order valence-corrected chi connectivity index (χ1v) is 15.7. The van der Waals surface area contributed by atoms with Crippen LogP contribution in [0.5, 0.6) is 11.5 Å². The molecule has 0 aromatic heterocycles. The maximum Gasteiger partial charge on any atom is 0.127 e. The van der Waals surface area contributed by atoms with Gasteiger partial charge in [-0.15, -0.1) is 0 Å². The van der Waals surface area contributed by atoms with Crippen LogP contribution in [0.15, 0.2) is 24.3 Å². The van der Waals surface area contributed by atoms with Crippen LogP contribution in [0, 0.1) is 35.5 Å². The number of aliphatic hydroxyl groups excluding tert-OH is 2. The fourth-order valence-electron chi connectivity index (χ4n) is 11.7. The highest BCUT2D eigenvalue weighted by molar-refractivity contribution is 5.95. The van der Waals surface area contributed by atoms with Crippen molar-refractivity contribution in [3.05, 3.63) is 35.4 Å². The topological polar surface area (TPSA) is 58.9 Å². The van der Waals surface area contributed by atoms with E-state index in [0.29, 0.717) is 24.0 Å². The van der Waals surface area contributed by atoms with Gasteiger partial charge in [0.05, 0.1) is 13.2 Å². The molecule has 8 fully saturated rings. The quantitative estimate of drug-likeness (QED) is 0.420. The molecule has 38 heavy (non-hydrogen) atoms. The Morgan fingerprint density at radius 1 is 0.553 bits per heavy atom. The molecule has 0 amide bonds. The van der Waals surface area contributed by atoms with Crippen molar-refractivity contribution in [2.45, 2.75) is 87.9 Å². The predicted molar refractivity (Wildman–Crippen MR) is 149 cm³/mol. The van der Waals surface area contributed by atoms with Gasteiger partial charge in [-0.1, -0.05) is 0 Å². The molecule has 2 N–H and O–H groups in total. The van der Waals surface area contributed by atoms with Gasteiger partial charge >= 0.3 is 0 Å². The lowest BCUT2D eigenvalue weighted by Gasteiger charge is -2.61. The Kier molecular flexibility index (Phi) is 5.61. The Bertz CT molecular complexity index is 1070. The summed E-state index contributed by atoms with van der Waals surface area (Å²) in [6.45, 7) is 0.625. The first kappa shape index (κ1) is 24.1. The maximum atomic E-state index is 9.54. The Hall–Kier alpha value is -1.78. The zero-order valence-electron chi connectivity index (χ0n) is 22.8. The van der Waals surface area contributed by atoms with E-state index in [4.69, 9.17) is 9.47 Å². The van der Waals surface area contributed by atoms with Gasteiger partial charge in [0.2, 0.25) is 0 Å². The molecule has 8 bridgehead atoms. The van der Waals surface area contributed by atoms with Gasteiger partial charge in [-0.3, -0.25) is 0 Å². The highest BCUT2D eigenvalue weighted by Crippen LogP contribution is 2.66. The zero-order valence-corrected chi connectivity index (χ0v) is 22.8. The smallest absolute Gasteiger partial charge is 0.127 e. The predicted octanol–water partition coefficient (Wildman–Crippen LogP) is 6.52. The van der Waals surface area contributed by atoms with E-state index in [1.54, 1.807) is 11.1 Å². The molecule has 0 unspecified atom stereocenters. The molecular formula is C34H44O4. The Labute approximate surface area is 227 Å². The summed E-state index contributed by atoms with van der Waals surface area (Å²) < 4.78 is 12.3. The number of ether oxygens (including phenoxy) is 2. The summed E-state index contributed by atoms with van der Waals surface area (Å²) in [5.74, 6) is 7.16. The zero-order chi connectivity index (χ0) is 25.5. The minimum atomic E-state index is 0.0114. The summed E-state index contributed by atoms with van der Waals surface area (Å²) in [5, 5.41) is 21.3. The van der Waals surface area contributed by atoms with Crippen LogP contribution in [-0.4, -0.2) is 36.6 Å². The number of rotatable bonds is 8. The van der Waals surface area contributed by atoms with E-state index >= 15 is 0 Å². The standard InChI is InChI=1S/C34H44O4/c35-3-5-37-31-1-2-32(38-6-4-36)28-14-30(34-18-24-10-25(19-34)12-26(11-24)20-34)29(13-27(28)31)33-15-21-7-22(16-33)9-23(8-21)17-33/h1-2,13-14,21-26,35-36H,3-12,15-20H2. The van der Waals surface area contributed by atoms with Crippen molar-refractivity contribution in [1.29, 1.82) is 0 Å². The van der Waals surface area contributed by atoms with Crippen molar-refractivity contribution in [1.82, 2.24) is 0 Å². The van der Waals surface area contributed by atoms with E-state index in [1.807, 2.05) is 12.1 Å². The Morgan fingerprint density at radius 3 is 1.16 bits per heavy atom. The van der Waals surface area contributed by atoms with Crippen molar-refractivity contribution in [2.24, 2.45) is 35.5 Å². The van der Waals surface area contributed by atoms with E-state index in [9.17, 15) is 10.2 Å². The van der Waals surface area contributed by atoms with Crippen molar-refractivity contribution in [3.8, 4) is 11.5 Å². The summed E-state index contributed by atoms with van der Waals surface area (Å²) in [6, 6.07) is 9.13. The van der Waals surface area contributed by atoms with E-state index in [0.717, 1.165) is 57.8 Å². The highest BCUT2D eigenvalue weighted by Gasteiger charge is 2.56. The summed E-state index contributed by atoms with van der Waals surface area (Å²) in [7, 11) is 0. The van der Waals surface area contributed by atoms with Crippen LogP contribution in [-0.2, 0) is 10.8 Å². The van der Waals surface area contributed by atoms with Gasteiger partial charge in [-0.2, -0.15) is 0 Å². The van der Waals surface area contributed by atoms with Gasteiger partial charge < -0.3 is 19.7 Å². The van der Waals surface area contributed by atoms with Crippen LogP contribution in [0.2, 0.25) is 0 Å². The van der Waals surface area contributed by atoms with E-state index in [1.165, 1.54) is 77.0 Å². The molecule has 8 saturated carbocycles. The second-order valence-electron chi connectivity index (χ2n) is 14.5. The minimum Gasteiger partial charge on any atom is -0.491 e. The van der Waals surface area contributed by atoms with Crippen LogP contribution < -0.4 is 9.47 Å². The average molecular weight is 517 g/mol. The van der Waals surface area contributed by atoms with Crippen molar-refractivity contribution < 1.29 is 19.7 Å². The summed E-state index contributed by atoms with van der Waals surface area (Å²) in [6.07, 6.45) is 17.0. The summed E-state index contributed by atoms with van der Waals surface area (Å²) in [5.41, 5.74) is 3.97. The van der Waals surface area contributed by atoms with Gasteiger partial charge in [0.15, 0.2) is 0 Å². The number of hydrogen-bond acceptors (Lipinski definition) is 4. The number of hydrogen-bond donors (Lipinski definition) is 2. The van der Waals surface area contributed by atoms with Gasteiger partial charge in [-0.05, 0) is 159 Å². The monoisotopic (exact) mass is 516 g/mol. The number of fused-ring (bicyclic) bond motifs is 1. The summed E-state index contributed by atoms with van der Waals surface area (Å²) >= 11 is 0. The van der Waals surface area contributed by atoms with Crippen LogP contribution in [0.4, 0.5) is 0 Å². The van der Waals surface area contributed by atoms with Gasteiger partial charge in [0, 0.05) is 10.8 Å². The third-order valence-electron chi connectivity index (χ3n) is 12.0. The van der Waals surface area contributed by atoms with Crippen molar-refractivity contribution in [2.75, 3.05) is 26.4 Å². The first-order valence-electron chi connectivity index (χ1n) is 15.7. The van der Waals surface area contributed by atoms with E-state index in [-0.39, 0.29) is 13.2 Å². The molecule has 0 spiro atoms. The Balaban J connectivity index is 1.35. The molecular weight excluding hydrogens is 472 g/mol. The molecule has 2 aromatic rings. The molecule has 4 heteroatoms. The van der Waals surface area contributed by atoms with Crippen LogP contribution >= 0.6 is 0 Å². The van der Waals surface area contributed by atoms with E-state index < -0.39 is 0 Å². The fourth-order valence-corrected chi connectivity index (χ4v) is 11.7. The molecule has 8 aliphatic carbocycles.